The first-order valence-electron chi connectivity index (χ1n) is 10.3. The molecule has 4 rings (SSSR count). The van der Waals surface area contributed by atoms with Crippen molar-refractivity contribution in [1.29, 1.82) is 0 Å². The molecule has 1 saturated heterocycles. The summed E-state index contributed by atoms with van der Waals surface area (Å²) in [4.78, 5) is 27.0. The Morgan fingerprint density at radius 1 is 1.07 bits per heavy atom. The van der Waals surface area contributed by atoms with Gasteiger partial charge in [0.2, 0.25) is 0 Å². The molecule has 2 aliphatic rings. The van der Waals surface area contributed by atoms with Crippen LogP contribution in [0.2, 0.25) is 0 Å². The molecule has 0 unspecified atom stereocenters. The van der Waals surface area contributed by atoms with Crippen molar-refractivity contribution in [3.05, 3.63) is 70.4 Å². The lowest BCUT2D eigenvalue weighted by Gasteiger charge is -2.25. The van der Waals surface area contributed by atoms with Crippen LogP contribution in [0.15, 0.2) is 53.4 Å². The second kappa shape index (κ2) is 9.47. The Balaban J connectivity index is 1.41. The molecule has 30 heavy (non-hydrogen) atoms. The molecule has 0 radical (unpaired) electrons. The number of carbonyl (C=O) groups is 2. The minimum absolute atomic E-state index is 0.180. The van der Waals surface area contributed by atoms with Gasteiger partial charge in [-0.05, 0) is 72.0 Å². The number of amides is 2. The van der Waals surface area contributed by atoms with Gasteiger partial charge in [0, 0.05) is 6.54 Å². The van der Waals surface area contributed by atoms with Crippen molar-refractivity contribution in [1.82, 2.24) is 4.90 Å². The lowest BCUT2D eigenvalue weighted by atomic mass is 9.89. The second-order valence-corrected chi connectivity index (χ2v) is 8.78. The first kappa shape index (κ1) is 20.7. The van der Waals surface area contributed by atoms with Gasteiger partial charge in [0.1, 0.15) is 18.2 Å². The van der Waals surface area contributed by atoms with E-state index in [1.54, 1.807) is 18.2 Å². The van der Waals surface area contributed by atoms with Gasteiger partial charge in [-0.15, -0.1) is 0 Å². The monoisotopic (exact) mass is 425 g/mol. The molecule has 1 aliphatic heterocycles. The quantitative estimate of drug-likeness (QED) is 0.531. The molecule has 1 saturated carbocycles. The molecular formula is C24H24FNO3S. The minimum Gasteiger partial charge on any atom is -0.489 e. The SMILES string of the molecule is O=C1S/C(=C/c2cccc(OCc3ccc(F)cc3)c2)C(=O)N1CC1CCCCC1. The third-order valence-electron chi connectivity index (χ3n) is 5.51. The molecule has 4 nitrogen and oxygen atoms in total. The lowest BCUT2D eigenvalue weighted by molar-refractivity contribution is -0.123. The Morgan fingerprint density at radius 2 is 1.83 bits per heavy atom. The van der Waals surface area contributed by atoms with Gasteiger partial charge in [-0.2, -0.15) is 0 Å². The third kappa shape index (κ3) is 5.11. The van der Waals surface area contributed by atoms with E-state index in [-0.39, 0.29) is 17.0 Å². The number of thioether (sulfide) groups is 1. The predicted octanol–water partition coefficient (Wildman–Crippen LogP) is 6.02. The van der Waals surface area contributed by atoms with Crippen LogP contribution in [0.3, 0.4) is 0 Å². The first-order chi connectivity index (χ1) is 14.6. The maximum Gasteiger partial charge on any atom is 0.293 e. The number of hydrogen-bond donors (Lipinski definition) is 0. The van der Waals surface area contributed by atoms with Crippen LogP contribution in [0.4, 0.5) is 9.18 Å². The maximum atomic E-state index is 13.0. The standard InChI is InChI=1S/C24H24FNO3S/c25-20-11-9-18(10-12-20)16-29-21-8-4-7-19(13-21)14-22-23(27)26(24(28)30-22)15-17-5-2-1-3-6-17/h4,7-14,17H,1-3,5-6,15-16H2/b22-14+. The molecule has 0 atom stereocenters. The van der Waals surface area contributed by atoms with Gasteiger partial charge in [-0.1, -0.05) is 43.5 Å². The van der Waals surface area contributed by atoms with E-state index in [1.165, 1.54) is 36.3 Å². The molecule has 0 N–H and O–H groups in total. The highest BCUT2D eigenvalue weighted by atomic mass is 32.2. The van der Waals surface area contributed by atoms with E-state index in [9.17, 15) is 14.0 Å². The topological polar surface area (TPSA) is 46.6 Å². The summed E-state index contributed by atoms with van der Waals surface area (Å²) in [7, 11) is 0. The van der Waals surface area contributed by atoms with Gasteiger partial charge in [0.25, 0.3) is 11.1 Å². The Labute approximate surface area is 180 Å². The van der Waals surface area contributed by atoms with Crippen LogP contribution in [-0.2, 0) is 11.4 Å². The Kier molecular flexibility index (Phi) is 6.53. The highest BCUT2D eigenvalue weighted by Gasteiger charge is 2.36. The summed E-state index contributed by atoms with van der Waals surface area (Å²) in [5, 5.41) is -0.180. The predicted molar refractivity (Wildman–Crippen MR) is 116 cm³/mol. The number of halogens is 1. The molecular weight excluding hydrogens is 401 g/mol. The van der Waals surface area contributed by atoms with E-state index in [0.717, 1.165) is 35.7 Å². The van der Waals surface area contributed by atoms with Gasteiger partial charge in [-0.3, -0.25) is 14.5 Å². The van der Waals surface area contributed by atoms with Crippen molar-refractivity contribution in [2.24, 2.45) is 5.92 Å². The average molecular weight is 426 g/mol. The van der Waals surface area contributed by atoms with Crippen LogP contribution in [-0.4, -0.2) is 22.6 Å². The van der Waals surface area contributed by atoms with Gasteiger partial charge >= 0.3 is 0 Å². The molecule has 1 aliphatic carbocycles. The molecule has 2 amide bonds. The van der Waals surface area contributed by atoms with E-state index in [2.05, 4.69) is 0 Å². The van der Waals surface area contributed by atoms with Crippen LogP contribution in [0, 0.1) is 11.7 Å². The number of carbonyl (C=O) groups excluding carboxylic acids is 2. The number of nitrogens with zero attached hydrogens (tertiary/aromatic N) is 1. The maximum absolute atomic E-state index is 13.0. The molecule has 1 heterocycles. The molecule has 2 aromatic rings. The van der Waals surface area contributed by atoms with E-state index < -0.39 is 0 Å². The highest BCUT2D eigenvalue weighted by Crippen LogP contribution is 2.35. The van der Waals surface area contributed by atoms with Gasteiger partial charge < -0.3 is 4.74 Å². The zero-order valence-corrected chi connectivity index (χ0v) is 17.5. The summed E-state index contributed by atoms with van der Waals surface area (Å²) in [6.07, 6.45) is 7.54. The molecule has 156 valence electrons. The smallest absolute Gasteiger partial charge is 0.293 e. The summed E-state index contributed by atoms with van der Waals surface area (Å²) >= 11 is 1.00. The van der Waals surface area contributed by atoms with Crippen LogP contribution in [0.25, 0.3) is 6.08 Å². The van der Waals surface area contributed by atoms with Crippen molar-refractivity contribution >= 4 is 29.0 Å². The van der Waals surface area contributed by atoms with Crippen molar-refractivity contribution in [3.8, 4) is 5.75 Å². The fraction of sp³-hybridized carbons (Fsp3) is 0.333. The van der Waals surface area contributed by atoms with Crippen molar-refractivity contribution < 1.29 is 18.7 Å². The van der Waals surface area contributed by atoms with Crippen molar-refractivity contribution in [2.75, 3.05) is 6.54 Å². The molecule has 0 bridgehead atoms. The zero-order valence-electron chi connectivity index (χ0n) is 16.7. The van der Waals surface area contributed by atoms with Crippen LogP contribution >= 0.6 is 11.8 Å². The summed E-state index contributed by atoms with van der Waals surface area (Å²) in [5.74, 6) is 0.593. The first-order valence-corrected chi connectivity index (χ1v) is 11.1. The fourth-order valence-corrected chi connectivity index (χ4v) is 4.73. The highest BCUT2D eigenvalue weighted by molar-refractivity contribution is 8.18. The number of ether oxygens (including phenoxy) is 1. The summed E-state index contributed by atoms with van der Waals surface area (Å²) in [5.41, 5.74) is 1.67. The summed E-state index contributed by atoms with van der Waals surface area (Å²) < 4.78 is 18.8. The van der Waals surface area contributed by atoms with E-state index >= 15 is 0 Å². The van der Waals surface area contributed by atoms with Gasteiger partial charge in [0.05, 0.1) is 4.91 Å². The van der Waals surface area contributed by atoms with Crippen molar-refractivity contribution in [3.63, 3.8) is 0 Å². The third-order valence-corrected chi connectivity index (χ3v) is 6.42. The Bertz CT molecular complexity index is 951. The number of benzene rings is 2. The number of imide groups is 1. The molecule has 6 heteroatoms. The van der Waals surface area contributed by atoms with Crippen LogP contribution in [0.1, 0.15) is 43.2 Å². The normalized spacial score (nSPS) is 19.0. The average Bonchev–Trinajstić information content (AvgIpc) is 3.02. The zero-order chi connectivity index (χ0) is 20.9. The Hall–Kier alpha value is -2.60. The lowest BCUT2D eigenvalue weighted by Crippen LogP contribution is -2.34. The summed E-state index contributed by atoms with van der Waals surface area (Å²) in [6.45, 7) is 0.852. The van der Waals surface area contributed by atoms with Gasteiger partial charge in [-0.25, -0.2) is 4.39 Å². The molecule has 2 aromatic carbocycles. The van der Waals surface area contributed by atoms with E-state index in [1.807, 2.05) is 24.3 Å². The minimum atomic E-state index is -0.279. The van der Waals surface area contributed by atoms with Crippen LogP contribution < -0.4 is 4.74 Å². The van der Waals surface area contributed by atoms with E-state index in [4.69, 9.17) is 4.74 Å². The molecule has 2 fully saturated rings. The molecule has 0 spiro atoms. The number of hydrogen-bond acceptors (Lipinski definition) is 4. The Morgan fingerprint density at radius 3 is 2.60 bits per heavy atom. The largest absolute Gasteiger partial charge is 0.489 e. The van der Waals surface area contributed by atoms with Crippen molar-refractivity contribution in [2.45, 2.75) is 38.7 Å². The number of rotatable bonds is 6. The van der Waals surface area contributed by atoms with E-state index in [0.29, 0.717) is 29.7 Å². The molecule has 0 aromatic heterocycles. The fourth-order valence-electron chi connectivity index (χ4n) is 3.88. The second-order valence-electron chi connectivity index (χ2n) is 7.78. The summed E-state index contributed by atoms with van der Waals surface area (Å²) in [6, 6.07) is 13.5. The van der Waals surface area contributed by atoms with Gasteiger partial charge in [0.15, 0.2) is 0 Å². The van der Waals surface area contributed by atoms with Crippen LogP contribution in [0.5, 0.6) is 5.75 Å².